The summed E-state index contributed by atoms with van der Waals surface area (Å²) >= 11 is 0. The lowest BCUT2D eigenvalue weighted by molar-refractivity contribution is -0.124. The molecule has 0 fully saturated rings. The number of carbonyl (C=O) groups is 2. The fourth-order valence-electron chi connectivity index (χ4n) is 2.55. The summed E-state index contributed by atoms with van der Waals surface area (Å²) in [6.45, 7) is 10.5. The Labute approximate surface area is 149 Å². The average molecular weight is 344 g/mol. The molecule has 6 heteroatoms. The number of amides is 2. The molecule has 0 aliphatic carbocycles. The van der Waals surface area contributed by atoms with Gasteiger partial charge in [-0.3, -0.25) is 9.59 Å². The second-order valence-electron chi connectivity index (χ2n) is 7.13. The van der Waals surface area contributed by atoms with Gasteiger partial charge < -0.3 is 15.2 Å². The SMILES string of the molecule is CC(C)CNC(=O)Cn1c(C(C)NC(=O)C(C)C)nc2ccccc21. The minimum atomic E-state index is -0.278. The highest BCUT2D eigenvalue weighted by Gasteiger charge is 2.20. The van der Waals surface area contributed by atoms with Crippen LogP contribution in [0.25, 0.3) is 11.0 Å². The van der Waals surface area contributed by atoms with Crippen molar-refractivity contribution in [3.63, 3.8) is 0 Å². The van der Waals surface area contributed by atoms with Crippen LogP contribution in [0.5, 0.6) is 0 Å². The Bertz CT molecular complexity index is 749. The highest BCUT2D eigenvalue weighted by Crippen LogP contribution is 2.21. The van der Waals surface area contributed by atoms with Crippen LogP contribution in [0.4, 0.5) is 0 Å². The number of para-hydroxylation sites is 2. The standard InChI is InChI=1S/C19H28N4O2/c1-12(2)10-20-17(24)11-23-16-9-7-6-8-15(16)22-18(23)14(5)21-19(25)13(3)4/h6-9,12-14H,10-11H2,1-5H3,(H,20,24)(H,21,25). The number of benzene rings is 1. The first-order chi connectivity index (χ1) is 11.8. The van der Waals surface area contributed by atoms with Gasteiger partial charge in [0.15, 0.2) is 0 Å². The van der Waals surface area contributed by atoms with Crippen molar-refractivity contribution in [1.29, 1.82) is 0 Å². The van der Waals surface area contributed by atoms with E-state index >= 15 is 0 Å². The summed E-state index contributed by atoms with van der Waals surface area (Å²) < 4.78 is 1.89. The summed E-state index contributed by atoms with van der Waals surface area (Å²) in [7, 11) is 0. The molecule has 0 bridgehead atoms. The minimum Gasteiger partial charge on any atom is -0.354 e. The normalized spacial score (nSPS) is 12.6. The lowest BCUT2D eigenvalue weighted by atomic mass is 10.2. The first-order valence-corrected chi connectivity index (χ1v) is 8.81. The van der Waals surface area contributed by atoms with Crippen LogP contribution >= 0.6 is 0 Å². The molecule has 2 N–H and O–H groups in total. The van der Waals surface area contributed by atoms with Crippen LogP contribution in [0.3, 0.4) is 0 Å². The van der Waals surface area contributed by atoms with E-state index < -0.39 is 0 Å². The van der Waals surface area contributed by atoms with Crippen molar-refractivity contribution >= 4 is 22.8 Å². The molecule has 6 nitrogen and oxygen atoms in total. The van der Waals surface area contributed by atoms with Crippen LogP contribution in [0.2, 0.25) is 0 Å². The van der Waals surface area contributed by atoms with E-state index in [0.29, 0.717) is 18.3 Å². The molecule has 1 heterocycles. The second kappa shape index (κ2) is 8.14. The number of rotatable bonds is 7. The molecule has 2 amide bonds. The van der Waals surface area contributed by atoms with E-state index in [1.54, 1.807) is 0 Å². The molecule has 25 heavy (non-hydrogen) atoms. The Morgan fingerprint density at radius 3 is 2.44 bits per heavy atom. The molecule has 2 rings (SSSR count). The maximum absolute atomic E-state index is 12.3. The van der Waals surface area contributed by atoms with E-state index in [1.807, 2.05) is 49.6 Å². The molecule has 0 aliphatic heterocycles. The molecule has 1 aromatic heterocycles. The van der Waals surface area contributed by atoms with Crippen molar-refractivity contribution < 1.29 is 9.59 Å². The van der Waals surface area contributed by atoms with Gasteiger partial charge in [-0.15, -0.1) is 0 Å². The Morgan fingerprint density at radius 2 is 1.80 bits per heavy atom. The van der Waals surface area contributed by atoms with E-state index in [2.05, 4.69) is 29.5 Å². The molecule has 1 unspecified atom stereocenters. The van der Waals surface area contributed by atoms with Crippen LogP contribution in [-0.4, -0.2) is 27.9 Å². The molecule has 1 aromatic carbocycles. The number of nitrogens with zero attached hydrogens (tertiary/aromatic N) is 2. The van der Waals surface area contributed by atoms with Gasteiger partial charge in [0.25, 0.3) is 0 Å². The fraction of sp³-hybridized carbons (Fsp3) is 0.526. The van der Waals surface area contributed by atoms with Crippen LogP contribution < -0.4 is 10.6 Å². The van der Waals surface area contributed by atoms with Gasteiger partial charge in [-0.25, -0.2) is 4.98 Å². The lowest BCUT2D eigenvalue weighted by Crippen LogP contribution is -2.34. The predicted molar refractivity (Wildman–Crippen MR) is 99.0 cm³/mol. The largest absolute Gasteiger partial charge is 0.354 e. The van der Waals surface area contributed by atoms with Gasteiger partial charge in [0.2, 0.25) is 11.8 Å². The van der Waals surface area contributed by atoms with Crippen molar-refractivity contribution in [2.45, 2.75) is 47.2 Å². The third kappa shape index (κ3) is 4.81. The van der Waals surface area contributed by atoms with E-state index in [-0.39, 0.29) is 30.3 Å². The quantitative estimate of drug-likeness (QED) is 0.811. The number of fused-ring (bicyclic) bond motifs is 1. The summed E-state index contributed by atoms with van der Waals surface area (Å²) in [5.74, 6) is 0.896. The minimum absolute atomic E-state index is 0.0321. The van der Waals surface area contributed by atoms with E-state index in [9.17, 15) is 9.59 Å². The van der Waals surface area contributed by atoms with Crippen molar-refractivity contribution in [3.8, 4) is 0 Å². The van der Waals surface area contributed by atoms with Crippen molar-refractivity contribution in [2.24, 2.45) is 11.8 Å². The summed E-state index contributed by atoms with van der Waals surface area (Å²) in [4.78, 5) is 29.0. The second-order valence-corrected chi connectivity index (χ2v) is 7.13. The van der Waals surface area contributed by atoms with Gasteiger partial charge in [0.1, 0.15) is 12.4 Å². The first kappa shape index (κ1) is 19.0. The molecule has 1 atom stereocenters. The molecule has 0 spiro atoms. The topological polar surface area (TPSA) is 76.0 Å². The summed E-state index contributed by atoms with van der Waals surface area (Å²) in [5, 5.41) is 5.90. The average Bonchev–Trinajstić information content (AvgIpc) is 2.91. The predicted octanol–water partition coefficient (Wildman–Crippen LogP) is 2.64. The fourth-order valence-corrected chi connectivity index (χ4v) is 2.55. The molecular weight excluding hydrogens is 316 g/mol. The van der Waals surface area contributed by atoms with Crippen LogP contribution in [-0.2, 0) is 16.1 Å². The summed E-state index contributed by atoms with van der Waals surface area (Å²) in [6.07, 6.45) is 0. The molecule has 136 valence electrons. The maximum atomic E-state index is 12.3. The van der Waals surface area contributed by atoms with Crippen LogP contribution in [0.15, 0.2) is 24.3 Å². The Morgan fingerprint density at radius 1 is 1.12 bits per heavy atom. The molecule has 0 radical (unpaired) electrons. The lowest BCUT2D eigenvalue weighted by Gasteiger charge is -2.17. The Balaban J connectivity index is 2.29. The van der Waals surface area contributed by atoms with Gasteiger partial charge in [0, 0.05) is 12.5 Å². The Kier molecular flexibility index (Phi) is 6.17. The number of carbonyl (C=O) groups excluding carboxylic acids is 2. The van der Waals surface area contributed by atoms with Gasteiger partial charge in [-0.1, -0.05) is 39.8 Å². The molecule has 2 aromatic rings. The number of aromatic nitrogens is 2. The maximum Gasteiger partial charge on any atom is 0.240 e. The summed E-state index contributed by atoms with van der Waals surface area (Å²) in [5.41, 5.74) is 1.71. The number of nitrogens with one attached hydrogen (secondary N) is 2. The highest BCUT2D eigenvalue weighted by molar-refractivity contribution is 5.82. The van der Waals surface area contributed by atoms with Crippen LogP contribution in [0, 0.1) is 11.8 Å². The smallest absolute Gasteiger partial charge is 0.240 e. The van der Waals surface area contributed by atoms with Crippen molar-refractivity contribution in [1.82, 2.24) is 20.2 Å². The first-order valence-electron chi connectivity index (χ1n) is 8.81. The van der Waals surface area contributed by atoms with Gasteiger partial charge in [0.05, 0.1) is 17.1 Å². The van der Waals surface area contributed by atoms with Crippen LogP contribution in [0.1, 0.15) is 46.5 Å². The zero-order valence-corrected chi connectivity index (χ0v) is 15.7. The van der Waals surface area contributed by atoms with Crippen molar-refractivity contribution in [2.75, 3.05) is 6.54 Å². The number of hydrogen-bond donors (Lipinski definition) is 2. The van der Waals surface area contributed by atoms with Gasteiger partial charge in [-0.05, 0) is 25.0 Å². The van der Waals surface area contributed by atoms with E-state index in [1.165, 1.54) is 0 Å². The monoisotopic (exact) mass is 344 g/mol. The highest BCUT2D eigenvalue weighted by atomic mass is 16.2. The third-order valence-corrected chi connectivity index (χ3v) is 3.96. The zero-order chi connectivity index (χ0) is 18.6. The molecule has 0 aliphatic rings. The zero-order valence-electron chi connectivity index (χ0n) is 15.7. The van der Waals surface area contributed by atoms with Gasteiger partial charge in [-0.2, -0.15) is 0 Å². The van der Waals surface area contributed by atoms with E-state index in [0.717, 1.165) is 11.0 Å². The summed E-state index contributed by atoms with van der Waals surface area (Å²) in [6, 6.07) is 7.42. The third-order valence-electron chi connectivity index (χ3n) is 3.96. The van der Waals surface area contributed by atoms with E-state index in [4.69, 9.17) is 0 Å². The number of hydrogen-bond acceptors (Lipinski definition) is 3. The number of imidazole rings is 1. The molecule has 0 saturated carbocycles. The van der Waals surface area contributed by atoms with Gasteiger partial charge >= 0.3 is 0 Å². The Hall–Kier alpha value is -2.37. The molecule has 0 saturated heterocycles. The molecular formula is C19H28N4O2. The van der Waals surface area contributed by atoms with Crippen molar-refractivity contribution in [3.05, 3.63) is 30.1 Å².